The van der Waals surface area contributed by atoms with E-state index in [2.05, 4.69) is 0 Å². The van der Waals surface area contributed by atoms with E-state index < -0.39 is 5.79 Å². The molecule has 100 valence electrons. The number of aliphatic hydroxyl groups is 2. The fourth-order valence-electron chi connectivity index (χ4n) is 4.26. The van der Waals surface area contributed by atoms with Crippen molar-refractivity contribution in [3.63, 3.8) is 0 Å². The SMILES string of the molecule is CC(O)(O)C(C1CCCCC1)C1CCCCC1. The van der Waals surface area contributed by atoms with Gasteiger partial charge in [0.2, 0.25) is 0 Å². The van der Waals surface area contributed by atoms with Gasteiger partial charge in [-0.1, -0.05) is 38.5 Å². The van der Waals surface area contributed by atoms with E-state index in [1.807, 2.05) is 0 Å². The molecule has 2 nitrogen and oxygen atoms in total. The molecular formula is C15H28O2. The molecule has 2 aliphatic carbocycles. The van der Waals surface area contributed by atoms with Crippen molar-refractivity contribution in [3.8, 4) is 0 Å². The molecule has 2 fully saturated rings. The summed E-state index contributed by atoms with van der Waals surface area (Å²) in [6, 6.07) is 0. The van der Waals surface area contributed by atoms with E-state index in [0.29, 0.717) is 11.8 Å². The van der Waals surface area contributed by atoms with E-state index in [0.717, 1.165) is 0 Å². The largest absolute Gasteiger partial charge is 0.366 e. The van der Waals surface area contributed by atoms with Crippen LogP contribution in [0.25, 0.3) is 0 Å². The van der Waals surface area contributed by atoms with Crippen molar-refractivity contribution in [2.45, 2.75) is 76.9 Å². The fourth-order valence-corrected chi connectivity index (χ4v) is 4.26. The summed E-state index contributed by atoms with van der Waals surface area (Å²) >= 11 is 0. The predicted molar refractivity (Wildman–Crippen MR) is 69.5 cm³/mol. The van der Waals surface area contributed by atoms with Gasteiger partial charge >= 0.3 is 0 Å². The van der Waals surface area contributed by atoms with Crippen LogP contribution in [0, 0.1) is 17.8 Å². The molecule has 0 radical (unpaired) electrons. The molecule has 2 heteroatoms. The Balaban J connectivity index is 2.06. The smallest absolute Gasteiger partial charge is 0.163 e. The molecule has 2 rings (SSSR count). The van der Waals surface area contributed by atoms with Gasteiger partial charge in [0, 0.05) is 5.92 Å². The summed E-state index contributed by atoms with van der Waals surface area (Å²) in [5.41, 5.74) is 0. The first-order valence-electron chi connectivity index (χ1n) is 7.54. The van der Waals surface area contributed by atoms with Crippen LogP contribution in [0.1, 0.15) is 71.1 Å². The molecule has 0 saturated heterocycles. The van der Waals surface area contributed by atoms with Crippen LogP contribution in [0.15, 0.2) is 0 Å². The molecule has 2 N–H and O–H groups in total. The van der Waals surface area contributed by atoms with Crippen LogP contribution < -0.4 is 0 Å². The summed E-state index contributed by atoms with van der Waals surface area (Å²) < 4.78 is 0. The predicted octanol–water partition coefficient (Wildman–Crippen LogP) is 3.46. The Labute approximate surface area is 105 Å². The second kappa shape index (κ2) is 5.71. The molecule has 0 heterocycles. The Hall–Kier alpha value is -0.0800. The second-order valence-electron chi connectivity index (χ2n) is 6.42. The minimum absolute atomic E-state index is 0.114. The van der Waals surface area contributed by atoms with Gasteiger partial charge in [-0.3, -0.25) is 0 Å². The third-order valence-electron chi connectivity index (χ3n) is 4.95. The van der Waals surface area contributed by atoms with Crippen molar-refractivity contribution in [1.82, 2.24) is 0 Å². The lowest BCUT2D eigenvalue weighted by Gasteiger charge is -2.43. The second-order valence-corrected chi connectivity index (χ2v) is 6.42. The average molecular weight is 240 g/mol. The quantitative estimate of drug-likeness (QED) is 0.742. The van der Waals surface area contributed by atoms with Crippen LogP contribution in [-0.4, -0.2) is 16.0 Å². The molecule has 0 atom stereocenters. The van der Waals surface area contributed by atoms with Gasteiger partial charge < -0.3 is 10.2 Å². The lowest BCUT2D eigenvalue weighted by atomic mass is 9.66. The molecule has 0 bridgehead atoms. The van der Waals surface area contributed by atoms with Gasteiger partial charge in [-0.15, -0.1) is 0 Å². The van der Waals surface area contributed by atoms with Crippen LogP contribution >= 0.6 is 0 Å². The number of hydrogen-bond donors (Lipinski definition) is 2. The third kappa shape index (κ3) is 3.45. The van der Waals surface area contributed by atoms with Gasteiger partial charge in [-0.25, -0.2) is 0 Å². The maximum Gasteiger partial charge on any atom is 0.163 e. The van der Waals surface area contributed by atoms with E-state index >= 15 is 0 Å². The average Bonchev–Trinajstić information content (AvgIpc) is 2.30. The molecule has 0 aromatic rings. The van der Waals surface area contributed by atoms with Crippen LogP contribution in [0.3, 0.4) is 0 Å². The summed E-state index contributed by atoms with van der Waals surface area (Å²) in [5, 5.41) is 20.3. The molecule has 0 amide bonds. The lowest BCUT2D eigenvalue weighted by molar-refractivity contribution is -0.217. The number of hydrogen-bond acceptors (Lipinski definition) is 2. The monoisotopic (exact) mass is 240 g/mol. The van der Waals surface area contributed by atoms with Gasteiger partial charge in [0.1, 0.15) is 0 Å². The molecule has 0 aliphatic heterocycles. The topological polar surface area (TPSA) is 40.5 Å². The molecule has 2 aliphatic rings. The normalized spacial score (nSPS) is 25.4. The van der Waals surface area contributed by atoms with Gasteiger partial charge in [0.25, 0.3) is 0 Å². The highest BCUT2D eigenvalue weighted by molar-refractivity contribution is 4.87. The van der Waals surface area contributed by atoms with Gasteiger partial charge in [-0.2, -0.15) is 0 Å². The highest BCUT2D eigenvalue weighted by atomic mass is 16.5. The van der Waals surface area contributed by atoms with E-state index in [-0.39, 0.29) is 5.92 Å². The molecule has 2 saturated carbocycles. The van der Waals surface area contributed by atoms with Crippen molar-refractivity contribution in [3.05, 3.63) is 0 Å². The van der Waals surface area contributed by atoms with Crippen molar-refractivity contribution >= 4 is 0 Å². The van der Waals surface area contributed by atoms with Crippen LogP contribution in [0.4, 0.5) is 0 Å². The van der Waals surface area contributed by atoms with Crippen LogP contribution in [0.2, 0.25) is 0 Å². The minimum Gasteiger partial charge on any atom is -0.366 e. The van der Waals surface area contributed by atoms with E-state index in [1.54, 1.807) is 6.92 Å². The van der Waals surface area contributed by atoms with Crippen molar-refractivity contribution in [2.75, 3.05) is 0 Å². The molecule has 0 aromatic heterocycles. The van der Waals surface area contributed by atoms with Gasteiger partial charge in [-0.05, 0) is 44.4 Å². The Bertz CT molecular complexity index is 202. The van der Waals surface area contributed by atoms with Crippen molar-refractivity contribution < 1.29 is 10.2 Å². The maximum atomic E-state index is 10.1. The van der Waals surface area contributed by atoms with E-state index in [9.17, 15) is 10.2 Å². The zero-order chi connectivity index (χ0) is 12.3. The third-order valence-corrected chi connectivity index (χ3v) is 4.95. The summed E-state index contributed by atoms with van der Waals surface area (Å²) in [6.45, 7) is 1.61. The zero-order valence-electron chi connectivity index (χ0n) is 11.2. The maximum absolute atomic E-state index is 10.1. The van der Waals surface area contributed by atoms with Crippen LogP contribution in [-0.2, 0) is 0 Å². The number of rotatable bonds is 3. The molecule has 0 aromatic carbocycles. The summed E-state index contributed by atoms with van der Waals surface area (Å²) in [6.07, 6.45) is 12.6. The van der Waals surface area contributed by atoms with Crippen molar-refractivity contribution in [1.29, 1.82) is 0 Å². The minimum atomic E-state index is -1.47. The highest BCUT2D eigenvalue weighted by Crippen LogP contribution is 2.44. The molecule has 0 unspecified atom stereocenters. The molecule has 17 heavy (non-hydrogen) atoms. The Morgan fingerprint density at radius 3 is 1.41 bits per heavy atom. The fraction of sp³-hybridized carbons (Fsp3) is 1.00. The standard InChI is InChI=1S/C15H28O2/c1-15(16,17)14(12-8-4-2-5-9-12)13-10-6-3-7-11-13/h12-14,16-17H,2-11H2,1H3. The lowest BCUT2D eigenvalue weighted by Crippen LogP contribution is -2.44. The first-order chi connectivity index (χ1) is 8.09. The van der Waals surface area contributed by atoms with E-state index in [4.69, 9.17) is 0 Å². The van der Waals surface area contributed by atoms with Crippen molar-refractivity contribution in [2.24, 2.45) is 17.8 Å². The Kier molecular flexibility index (Phi) is 4.48. The molecule has 0 spiro atoms. The Morgan fingerprint density at radius 2 is 1.12 bits per heavy atom. The first kappa shape index (κ1) is 13.4. The zero-order valence-corrected chi connectivity index (χ0v) is 11.2. The Morgan fingerprint density at radius 1 is 0.765 bits per heavy atom. The van der Waals surface area contributed by atoms with E-state index in [1.165, 1.54) is 64.2 Å². The first-order valence-corrected chi connectivity index (χ1v) is 7.54. The highest BCUT2D eigenvalue weighted by Gasteiger charge is 2.41. The van der Waals surface area contributed by atoms with Gasteiger partial charge in [0.15, 0.2) is 5.79 Å². The molecular weight excluding hydrogens is 212 g/mol. The van der Waals surface area contributed by atoms with Gasteiger partial charge in [0.05, 0.1) is 0 Å². The summed E-state index contributed by atoms with van der Waals surface area (Å²) in [4.78, 5) is 0. The summed E-state index contributed by atoms with van der Waals surface area (Å²) in [7, 11) is 0. The van der Waals surface area contributed by atoms with Crippen LogP contribution in [0.5, 0.6) is 0 Å². The summed E-state index contributed by atoms with van der Waals surface area (Å²) in [5.74, 6) is -0.258.